The number of nitrogens with one attached hydrogen (secondary N) is 2. The number of likely N-dealkylation sites (tertiary alicyclic amines) is 2. The van der Waals surface area contributed by atoms with Crippen molar-refractivity contribution in [3.63, 3.8) is 0 Å². The van der Waals surface area contributed by atoms with Crippen LogP contribution in [0.2, 0.25) is 5.15 Å². The molecule has 2 fully saturated rings. The largest absolute Gasteiger partial charge is 0.453 e. The molecule has 11 nitrogen and oxygen atoms in total. The molecule has 0 bridgehead atoms. The Morgan fingerprint density at radius 1 is 0.833 bits per heavy atom. The van der Waals surface area contributed by atoms with E-state index >= 15 is 0 Å². The van der Waals surface area contributed by atoms with E-state index in [0.717, 1.165) is 51.9 Å². The van der Waals surface area contributed by atoms with Crippen LogP contribution in [0, 0.1) is 0 Å². The summed E-state index contributed by atoms with van der Waals surface area (Å²) in [7, 11) is 0.101. The summed E-state index contributed by atoms with van der Waals surface area (Å²) in [5, 5.41) is 2.93. The van der Waals surface area contributed by atoms with Crippen LogP contribution in [0.5, 0.6) is 0 Å². The van der Waals surface area contributed by atoms with E-state index < -0.39 is 22.9 Å². The molecule has 0 radical (unpaired) electrons. The smallest absolute Gasteiger partial charge is 0.407 e. The van der Waals surface area contributed by atoms with Gasteiger partial charge in [0.2, 0.25) is 5.91 Å². The highest BCUT2D eigenvalue weighted by Gasteiger charge is 2.43. The lowest BCUT2D eigenvalue weighted by Gasteiger charge is -2.29. The van der Waals surface area contributed by atoms with Crippen molar-refractivity contribution < 1.29 is 23.3 Å². The minimum Gasteiger partial charge on any atom is -0.453 e. The number of ether oxygens (including phenoxy) is 1. The maximum Gasteiger partial charge on any atom is 0.407 e. The monoisotopic (exact) mass is 842 g/mol. The molecule has 60 heavy (non-hydrogen) atoms. The number of rotatable bonds is 11. The number of amides is 3. The Bertz CT molecular complexity index is 2460. The van der Waals surface area contributed by atoms with Crippen LogP contribution in [0.1, 0.15) is 73.1 Å². The Labute approximate surface area is 357 Å². The van der Waals surface area contributed by atoms with Crippen molar-refractivity contribution in [1.29, 1.82) is 0 Å². The first-order valence-electron chi connectivity index (χ1n) is 20.2. The second-order valence-electron chi connectivity index (χ2n) is 15.6. The molecule has 0 aliphatic carbocycles. The number of hydrogen-bond acceptors (Lipinski definition) is 7. The van der Waals surface area contributed by atoms with Crippen molar-refractivity contribution in [3.05, 3.63) is 143 Å². The predicted molar refractivity (Wildman–Crippen MR) is 236 cm³/mol. The molecule has 4 aromatic carbocycles. The lowest BCUT2D eigenvalue weighted by atomic mass is 9.96. The SMILES string of the molecule is COC(=O)N[C@@H](C(=O)N1C[C@@H](S(C)=O)C[C@H]1C1=NC=C(c2ccc(-c3ccc(-c4nc([C@@H]5CCCN5C(=O)[C@H](C)c5ccccc5)[nH]c4Cl)cc3)cc2)C1)c1ccccc1. The zero-order chi connectivity index (χ0) is 41.9. The first kappa shape index (κ1) is 40.9. The number of halogens is 1. The number of hydrogen-bond donors (Lipinski definition) is 2. The Hall–Kier alpha value is -5.85. The average molecular weight is 843 g/mol. The van der Waals surface area contributed by atoms with Crippen molar-refractivity contribution >= 4 is 51.6 Å². The van der Waals surface area contributed by atoms with Crippen molar-refractivity contribution in [1.82, 2.24) is 25.1 Å². The molecule has 0 saturated carbocycles. The van der Waals surface area contributed by atoms with Gasteiger partial charge in [-0.2, -0.15) is 0 Å². The second kappa shape index (κ2) is 17.8. The van der Waals surface area contributed by atoms with Gasteiger partial charge in [0.05, 0.1) is 30.4 Å². The first-order chi connectivity index (χ1) is 29.1. The average Bonchev–Trinajstić information content (AvgIpc) is 4.12. The fourth-order valence-corrected chi connectivity index (χ4v) is 9.64. The number of nitrogens with zero attached hydrogens (tertiary/aromatic N) is 4. The third kappa shape index (κ3) is 8.44. The van der Waals surface area contributed by atoms with Gasteiger partial charge in [-0.05, 0) is 59.6 Å². The summed E-state index contributed by atoms with van der Waals surface area (Å²) >= 11 is 6.75. The Morgan fingerprint density at radius 2 is 1.45 bits per heavy atom. The molecule has 3 amide bonds. The van der Waals surface area contributed by atoms with Crippen LogP contribution in [-0.2, 0) is 25.1 Å². The molecule has 1 unspecified atom stereocenters. The van der Waals surface area contributed by atoms with Crippen LogP contribution in [0.4, 0.5) is 4.79 Å². The van der Waals surface area contributed by atoms with Crippen molar-refractivity contribution in [2.75, 3.05) is 26.5 Å². The van der Waals surface area contributed by atoms with E-state index in [2.05, 4.69) is 46.7 Å². The molecule has 13 heteroatoms. The van der Waals surface area contributed by atoms with Crippen LogP contribution in [0.25, 0.3) is 28.0 Å². The molecule has 2 saturated heterocycles. The summed E-state index contributed by atoms with van der Waals surface area (Å²) in [5.74, 6) is 0.241. The van der Waals surface area contributed by atoms with Crippen molar-refractivity contribution in [2.24, 2.45) is 4.99 Å². The molecule has 0 spiro atoms. The van der Waals surface area contributed by atoms with Gasteiger partial charge in [-0.25, -0.2) is 9.78 Å². The van der Waals surface area contributed by atoms with Gasteiger partial charge >= 0.3 is 6.09 Å². The van der Waals surface area contributed by atoms with Gasteiger partial charge in [0.1, 0.15) is 22.7 Å². The molecular weight excluding hydrogens is 796 g/mol. The molecule has 6 atom stereocenters. The second-order valence-corrected chi connectivity index (χ2v) is 17.6. The van der Waals surface area contributed by atoms with Crippen molar-refractivity contribution in [3.8, 4) is 22.4 Å². The lowest BCUT2D eigenvalue weighted by molar-refractivity contribution is -0.134. The first-order valence-corrected chi connectivity index (χ1v) is 22.2. The van der Waals surface area contributed by atoms with Gasteiger partial charge < -0.3 is 24.8 Å². The van der Waals surface area contributed by atoms with Crippen LogP contribution >= 0.6 is 11.6 Å². The third-order valence-corrected chi connectivity index (χ3v) is 13.5. The minimum atomic E-state index is -1.16. The van der Waals surface area contributed by atoms with Gasteiger partial charge in [-0.1, -0.05) is 121 Å². The number of aromatic amines is 1. The number of benzene rings is 4. The molecule has 308 valence electrons. The Kier molecular flexibility index (Phi) is 12.1. The zero-order valence-electron chi connectivity index (χ0n) is 33.7. The van der Waals surface area contributed by atoms with Crippen molar-refractivity contribution in [2.45, 2.75) is 61.9 Å². The van der Waals surface area contributed by atoms with E-state index in [1.54, 1.807) is 23.3 Å². The standard InChI is InChI=1S/C47H47ClN6O5S/c1-29(30-11-6-4-7-12-30)45(55)53-24-10-15-39(53)44-50-41(43(48)52-44)35-22-20-32(21-23-35)31-16-18-33(19-17-31)36-25-38(49-27-36)40-26-37(60(3)58)28-54(40)46(56)42(51-47(57)59-2)34-13-8-5-9-14-34/h4-9,11-14,16-23,27,29,37,39-40,42H,10,15,24-26,28H2,1-3H3,(H,50,52)(H,51,57)/t29-,37+,39+,40+,42-,60?/m1/s1. The number of H-pyrrole nitrogens is 1. The van der Waals surface area contributed by atoms with E-state index in [1.807, 2.05) is 78.7 Å². The maximum absolute atomic E-state index is 14.2. The van der Waals surface area contributed by atoms with E-state index in [9.17, 15) is 18.6 Å². The lowest BCUT2D eigenvalue weighted by Crippen LogP contribution is -2.47. The van der Waals surface area contributed by atoms with E-state index in [1.165, 1.54) is 7.11 Å². The number of alkyl carbamates (subject to hydrolysis) is 1. The van der Waals surface area contributed by atoms with Crippen LogP contribution in [0.15, 0.2) is 120 Å². The topological polar surface area (TPSA) is 137 Å². The highest BCUT2D eigenvalue weighted by molar-refractivity contribution is 7.84. The highest BCUT2D eigenvalue weighted by atomic mass is 35.5. The van der Waals surface area contributed by atoms with Gasteiger partial charge in [-0.3, -0.25) is 18.8 Å². The van der Waals surface area contributed by atoms with Gasteiger partial charge in [0.25, 0.3) is 5.91 Å². The van der Waals surface area contributed by atoms with E-state index in [-0.39, 0.29) is 35.1 Å². The molecule has 8 rings (SSSR count). The number of carbonyl (C=O) groups excluding carboxylic acids is 3. The van der Waals surface area contributed by atoms with E-state index in [4.69, 9.17) is 26.3 Å². The zero-order valence-corrected chi connectivity index (χ0v) is 35.3. The van der Waals surface area contributed by atoms with E-state index in [0.29, 0.717) is 48.2 Å². The quantitative estimate of drug-likeness (QED) is 0.137. The number of carbonyl (C=O) groups is 3. The number of aromatic nitrogens is 2. The normalized spacial score (nSPS) is 20.3. The number of allylic oxidation sites excluding steroid dienone is 1. The number of imidazole rings is 1. The summed E-state index contributed by atoms with van der Waals surface area (Å²) < 4.78 is 17.6. The molecule has 1 aromatic heterocycles. The van der Waals surface area contributed by atoms with Crippen LogP contribution in [-0.4, -0.2) is 85.3 Å². The minimum absolute atomic E-state index is 0.0882. The number of methoxy groups -OCH3 is 1. The van der Waals surface area contributed by atoms with Crippen LogP contribution in [0.3, 0.4) is 0 Å². The summed E-state index contributed by atoms with van der Waals surface area (Å²) in [5.41, 5.74) is 8.09. The fourth-order valence-electron chi connectivity index (χ4n) is 8.56. The maximum atomic E-state index is 14.2. The molecule has 5 aromatic rings. The Balaban J connectivity index is 0.931. The summed E-state index contributed by atoms with van der Waals surface area (Å²) in [6.45, 7) is 2.94. The predicted octanol–water partition coefficient (Wildman–Crippen LogP) is 8.50. The highest BCUT2D eigenvalue weighted by Crippen LogP contribution is 2.38. The molecule has 2 N–H and O–H groups in total. The molecule has 3 aliphatic rings. The molecule has 4 heterocycles. The fraction of sp³-hybridized carbons (Fsp3) is 0.298. The number of aliphatic imine (C=N–C) groups is 1. The summed E-state index contributed by atoms with van der Waals surface area (Å²) in [6.07, 6.45) is 5.58. The molecule has 3 aliphatic heterocycles. The van der Waals surface area contributed by atoms with Gasteiger partial charge in [0, 0.05) is 54.0 Å². The third-order valence-electron chi connectivity index (χ3n) is 11.9. The summed E-state index contributed by atoms with van der Waals surface area (Å²) in [6, 6.07) is 33.8. The van der Waals surface area contributed by atoms with Gasteiger partial charge in [0.15, 0.2) is 0 Å². The van der Waals surface area contributed by atoms with Crippen LogP contribution < -0.4 is 5.32 Å². The summed E-state index contributed by atoms with van der Waals surface area (Å²) in [4.78, 5) is 56.8. The van der Waals surface area contributed by atoms with Gasteiger partial charge in [-0.15, -0.1) is 0 Å². The molecular formula is C47H47ClN6O5S. The Morgan fingerprint density at radius 3 is 2.08 bits per heavy atom.